The molecule has 6 aromatic rings. The standard InChI is InChI=1S/C23H17F3.C17H14BrF.C6H5BF2O2/c1-2-3-16-4-6-17(7-5-16)8-9-18-10-11-19(14-22(18)25)20-12-13-21(24)23(26)15-20;1-2-3-13-4-6-14(7-5-13)8-9-15-10-11-16(18)12-17(15)19;8-5-2-1-4(7(10)11)3-6(5)9/h4-7,10-15H,2-3H2,1H3;4-7,10-12H,2-3H2,1H3;1-3,10-11H. The fourth-order valence-corrected chi connectivity index (χ4v) is 5.43. The van der Waals surface area contributed by atoms with E-state index >= 15 is 0 Å². The Morgan fingerprint density at radius 2 is 0.893 bits per heavy atom. The van der Waals surface area contributed by atoms with Crippen LogP contribution in [0.3, 0.4) is 0 Å². The first-order chi connectivity index (χ1) is 26.9. The zero-order valence-corrected chi connectivity index (χ0v) is 32.1. The molecule has 0 spiro atoms. The fraction of sp³-hybridized carbons (Fsp3) is 0.130. The van der Waals surface area contributed by atoms with E-state index in [1.165, 1.54) is 29.3 Å². The summed E-state index contributed by atoms with van der Waals surface area (Å²) >= 11 is 3.23. The van der Waals surface area contributed by atoms with E-state index in [2.05, 4.69) is 65.6 Å². The van der Waals surface area contributed by atoms with Crippen LogP contribution in [-0.2, 0) is 12.8 Å². The summed E-state index contributed by atoms with van der Waals surface area (Å²) in [5, 5.41) is 17.0. The van der Waals surface area contributed by atoms with Crippen LogP contribution in [-0.4, -0.2) is 17.2 Å². The Labute approximate surface area is 332 Å². The molecule has 10 heteroatoms. The van der Waals surface area contributed by atoms with Crippen molar-refractivity contribution in [2.75, 3.05) is 0 Å². The highest BCUT2D eigenvalue weighted by Crippen LogP contribution is 2.24. The molecule has 0 saturated heterocycles. The number of aryl methyl sites for hydroxylation is 2. The Kier molecular flexibility index (Phi) is 16.6. The third-order valence-electron chi connectivity index (χ3n) is 8.06. The highest BCUT2D eigenvalue weighted by molar-refractivity contribution is 9.10. The second-order valence-electron chi connectivity index (χ2n) is 12.4. The monoisotopic (exact) mass is 824 g/mol. The number of rotatable bonds is 6. The molecular formula is C46H36BBrF6O2. The predicted octanol–water partition coefficient (Wildman–Crippen LogP) is 10.7. The van der Waals surface area contributed by atoms with E-state index in [1.807, 2.05) is 36.4 Å². The third kappa shape index (κ3) is 13.4. The summed E-state index contributed by atoms with van der Waals surface area (Å²) in [6.45, 7) is 4.28. The first kappa shape index (κ1) is 43.2. The molecule has 0 aromatic heterocycles. The molecule has 284 valence electrons. The van der Waals surface area contributed by atoms with Crippen LogP contribution in [0.15, 0.2) is 126 Å². The highest BCUT2D eigenvalue weighted by Gasteiger charge is 2.13. The quantitative estimate of drug-likeness (QED) is 0.0998. The number of benzene rings is 6. The molecule has 0 fully saturated rings. The molecule has 2 nitrogen and oxygen atoms in total. The van der Waals surface area contributed by atoms with Gasteiger partial charge in [-0.1, -0.05) is 109 Å². The van der Waals surface area contributed by atoms with Gasteiger partial charge in [0.25, 0.3) is 0 Å². The minimum Gasteiger partial charge on any atom is -0.423 e. The minimum atomic E-state index is -1.76. The maximum Gasteiger partial charge on any atom is 0.488 e. The zero-order valence-electron chi connectivity index (χ0n) is 30.5. The predicted molar refractivity (Wildman–Crippen MR) is 215 cm³/mol. The Balaban J connectivity index is 0.000000203. The summed E-state index contributed by atoms with van der Waals surface area (Å²) in [5.74, 6) is 6.83. The van der Waals surface area contributed by atoms with Crippen LogP contribution in [0.25, 0.3) is 11.1 Å². The molecule has 0 amide bonds. The van der Waals surface area contributed by atoms with Crippen LogP contribution in [0.5, 0.6) is 0 Å². The molecule has 0 saturated carbocycles. The number of hydrogen-bond acceptors (Lipinski definition) is 2. The van der Waals surface area contributed by atoms with Crippen molar-refractivity contribution in [2.24, 2.45) is 0 Å². The van der Waals surface area contributed by atoms with Crippen molar-refractivity contribution in [3.05, 3.63) is 194 Å². The summed E-state index contributed by atoms with van der Waals surface area (Å²) in [7, 11) is -1.76. The average molecular weight is 825 g/mol. The molecule has 6 aromatic carbocycles. The minimum absolute atomic E-state index is 0.0658. The van der Waals surface area contributed by atoms with Gasteiger partial charge in [-0.15, -0.1) is 0 Å². The summed E-state index contributed by atoms with van der Waals surface area (Å²) in [5.41, 5.74) is 5.77. The van der Waals surface area contributed by atoms with Crippen molar-refractivity contribution in [3.63, 3.8) is 0 Å². The molecule has 2 N–H and O–H groups in total. The van der Waals surface area contributed by atoms with Gasteiger partial charge in [0.1, 0.15) is 11.6 Å². The van der Waals surface area contributed by atoms with Crippen molar-refractivity contribution in [1.82, 2.24) is 0 Å². The lowest BCUT2D eigenvalue weighted by molar-refractivity contribution is 0.425. The molecular weight excluding hydrogens is 789 g/mol. The number of halogens is 7. The SMILES string of the molecule is CCCc1ccc(C#Cc2ccc(-c3ccc(F)c(F)c3)cc2F)cc1.CCCc1ccc(C#Cc2ccc(Br)cc2F)cc1.OB(O)c1ccc(F)c(F)c1. The molecule has 0 bridgehead atoms. The van der Waals surface area contributed by atoms with E-state index in [-0.39, 0.29) is 16.8 Å². The fourth-order valence-electron chi connectivity index (χ4n) is 5.10. The molecule has 0 aliphatic carbocycles. The first-order valence-corrected chi connectivity index (χ1v) is 18.4. The Morgan fingerprint density at radius 3 is 1.32 bits per heavy atom. The highest BCUT2D eigenvalue weighted by atomic mass is 79.9. The lowest BCUT2D eigenvalue weighted by Gasteiger charge is -2.04. The van der Waals surface area contributed by atoms with Gasteiger partial charge in [-0.3, -0.25) is 0 Å². The molecule has 0 unspecified atom stereocenters. The molecule has 6 rings (SSSR count). The smallest absolute Gasteiger partial charge is 0.423 e. The van der Waals surface area contributed by atoms with Gasteiger partial charge >= 0.3 is 7.12 Å². The van der Waals surface area contributed by atoms with Crippen molar-refractivity contribution < 1.29 is 36.4 Å². The van der Waals surface area contributed by atoms with Crippen molar-refractivity contribution in [3.8, 4) is 34.8 Å². The summed E-state index contributed by atoms with van der Waals surface area (Å²) < 4.78 is 79.5. The van der Waals surface area contributed by atoms with E-state index in [0.717, 1.165) is 71.6 Å². The van der Waals surface area contributed by atoms with Crippen LogP contribution in [0.4, 0.5) is 26.3 Å². The summed E-state index contributed by atoms with van der Waals surface area (Å²) in [6.07, 6.45) is 4.32. The summed E-state index contributed by atoms with van der Waals surface area (Å²) in [4.78, 5) is 0. The van der Waals surface area contributed by atoms with Gasteiger partial charge in [-0.25, -0.2) is 26.3 Å². The Bertz CT molecular complexity index is 2360. The second-order valence-corrected chi connectivity index (χ2v) is 13.3. The summed E-state index contributed by atoms with van der Waals surface area (Å²) in [6, 6.07) is 31.5. The van der Waals surface area contributed by atoms with Gasteiger partial charge in [-0.2, -0.15) is 0 Å². The van der Waals surface area contributed by atoms with Crippen LogP contribution in [0.2, 0.25) is 0 Å². The molecule has 0 radical (unpaired) electrons. The zero-order chi connectivity index (χ0) is 40.6. The van der Waals surface area contributed by atoms with E-state index in [0.29, 0.717) is 16.7 Å². The largest absolute Gasteiger partial charge is 0.488 e. The van der Waals surface area contributed by atoms with E-state index in [4.69, 9.17) is 10.0 Å². The second kappa shape index (κ2) is 21.5. The van der Waals surface area contributed by atoms with Crippen LogP contribution in [0, 0.1) is 58.6 Å². The van der Waals surface area contributed by atoms with Gasteiger partial charge in [-0.05, 0) is 119 Å². The number of hydrogen-bond donors (Lipinski definition) is 2. The normalized spacial score (nSPS) is 10.1. The van der Waals surface area contributed by atoms with Crippen molar-refractivity contribution in [1.29, 1.82) is 0 Å². The van der Waals surface area contributed by atoms with Gasteiger partial charge in [0.05, 0.1) is 11.1 Å². The van der Waals surface area contributed by atoms with Crippen molar-refractivity contribution >= 4 is 28.5 Å². The molecule has 0 aliphatic heterocycles. The van der Waals surface area contributed by atoms with Gasteiger partial charge in [0.2, 0.25) is 0 Å². The van der Waals surface area contributed by atoms with Gasteiger partial charge < -0.3 is 10.0 Å². The van der Waals surface area contributed by atoms with Crippen LogP contribution < -0.4 is 5.46 Å². The Morgan fingerprint density at radius 1 is 0.464 bits per heavy atom. The molecule has 0 aliphatic rings. The van der Waals surface area contributed by atoms with Crippen LogP contribution >= 0.6 is 15.9 Å². The topological polar surface area (TPSA) is 40.5 Å². The molecule has 0 heterocycles. The Hall–Kier alpha value is -5.52. The van der Waals surface area contributed by atoms with Gasteiger partial charge in [0, 0.05) is 15.6 Å². The first-order valence-electron chi connectivity index (χ1n) is 17.6. The maximum atomic E-state index is 14.3. The maximum absolute atomic E-state index is 14.3. The lowest BCUT2D eigenvalue weighted by Crippen LogP contribution is -2.30. The molecule has 0 atom stereocenters. The third-order valence-corrected chi connectivity index (χ3v) is 8.56. The van der Waals surface area contributed by atoms with E-state index in [9.17, 15) is 26.3 Å². The van der Waals surface area contributed by atoms with Crippen molar-refractivity contribution in [2.45, 2.75) is 39.5 Å². The van der Waals surface area contributed by atoms with E-state index in [1.54, 1.807) is 24.3 Å². The van der Waals surface area contributed by atoms with E-state index < -0.39 is 36.2 Å². The van der Waals surface area contributed by atoms with Crippen LogP contribution in [0.1, 0.15) is 60.1 Å². The lowest BCUT2D eigenvalue weighted by atomic mass is 9.80. The van der Waals surface area contributed by atoms with Gasteiger partial charge in [0.15, 0.2) is 23.3 Å². The average Bonchev–Trinajstić information content (AvgIpc) is 3.18. The molecule has 56 heavy (non-hydrogen) atoms.